The summed E-state index contributed by atoms with van der Waals surface area (Å²) in [6.07, 6.45) is 1.53. The van der Waals surface area contributed by atoms with Crippen LogP contribution < -0.4 is 0 Å². The van der Waals surface area contributed by atoms with Crippen LogP contribution in [0.1, 0.15) is 26.3 Å². The van der Waals surface area contributed by atoms with Crippen molar-refractivity contribution in [3.63, 3.8) is 0 Å². The minimum absolute atomic E-state index is 0.0768. The summed E-state index contributed by atoms with van der Waals surface area (Å²) in [6.45, 7) is 6.28. The molecule has 1 heterocycles. The van der Waals surface area contributed by atoms with Crippen molar-refractivity contribution in [2.75, 3.05) is 0 Å². The van der Waals surface area contributed by atoms with Gasteiger partial charge in [0.25, 0.3) is 0 Å². The van der Waals surface area contributed by atoms with Crippen molar-refractivity contribution in [2.24, 2.45) is 0 Å². The molecule has 78 valence electrons. The van der Waals surface area contributed by atoms with Gasteiger partial charge in [-0.25, -0.2) is 0 Å². The predicted octanol–water partition coefficient (Wildman–Crippen LogP) is 3.24. The predicted molar refractivity (Wildman–Crippen MR) is 62.1 cm³/mol. The first kappa shape index (κ1) is 9.97. The number of hydrogen-bond acceptors (Lipinski definition) is 2. The number of hydrogen-bond donors (Lipinski definition) is 1. The fraction of sp³-hybridized carbons (Fsp3) is 0.308. The quantitative estimate of drug-likeness (QED) is 0.709. The van der Waals surface area contributed by atoms with Crippen molar-refractivity contribution in [3.8, 4) is 5.75 Å². The Balaban J connectivity index is 2.86. The first-order chi connectivity index (χ1) is 7.00. The van der Waals surface area contributed by atoms with Gasteiger partial charge < -0.3 is 5.11 Å². The number of fused-ring (bicyclic) bond motifs is 1. The summed E-state index contributed by atoms with van der Waals surface area (Å²) in [6, 6.07) is 7.89. The molecule has 0 aliphatic carbocycles. The number of nitrogens with zero attached hydrogens (tertiary/aromatic N) is 1. The zero-order valence-corrected chi connectivity index (χ0v) is 9.28. The van der Waals surface area contributed by atoms with Gasteiger partial charge in [0.1, 0.15) is 5.75 Å². The van der Waals surface area contributed by atoms with Gasteiger partial charge in [0.15, 0.2) is 0 Å². The van der Waals surface area contributed by atoms with E-state index in [0.717, 1.165) is 16.5 Å². The second kappa shape index (κ2) is 3.23. The van der Waals surface area contributed by atoms with Crippen molar-refractivity contribution < 1.29 is 5.11 Å². The smallest absolute Gasteiger partial charge is 0.138 e. The van der Waals surface area contributed by atoms with E-state index in [2.05, 4.69) is 25.8 Å². The van der Waals surface area contributed by atoms with E-state index >= 15 is 0 Å². The molecule has 15 heavy (non-hydrogen) atoms. The molecule has 0 atom stereocenters. The summed E-state index contributed by atoms with van der Waals surface area (Å²) in [4.78, 5) is 4.20. The molecule has 0 unspecified atom stereocenters. The number of benzene rings is 1. The number of aromatic hydroxyl groups is 1. The van der Waals surface area contributed by atoms with Gasteiger partial charge in [-0.1, -0.05) is 39.0 Å². The molecule has 2 heteroatoms. The van der Waals surface area contributed by atoms with Gasteiger partial charge >= 0.3 is 0 Å². The molecule has 0 bridgehead atoms. The summed E-state index contributed by atoms with van der Waals surface area (Å²) >= 11 is 0. The third-order valence-electron chi connectivity index (χ3n) is 2.51. The molecule has 0 fully saturated rings. The summed E-state index contributed by atoms with van der Waals surface area (Å²) < 4.78 is 0. The second-order valence-electron chi connectivity index (χ2n) is 4.79. The van der Waals surface area contributed by atoms with Crippen LogP contribution in [-0.2, 0) is 5.41 Å². The standard InChI is InChI=1S/C13H15NO/c1-13(2,3)12-9-6-4-5-7-10(9)14-8-11(12)15/h4-8,15H,1-3H3. The molecular formula is C13H15NO. The second-order valence-corrected chi connectivity index (χ2v) is 4.79. The lowest BCUT2D eigenvalue weighted by molar-refractivity contribution is 0.447. The van der Waals surface area contributed by atoms with Gasteiger partial charge in [0.05, 0.1) is 11.7 Å². The normalized spacial score (nSPS) is 11.9. The van der Waals surface area contributed by atoms with E-state index in [0.29, 0.717) is 0 Å². The zero-order chi connectivity index (χ0) is 11.1. The first-order valence-electron chi connectivity index (χ1n) is 5.07. The Kier molecular flexibility index (Phi) is 2.14. The summed E-state index contributed by atoms with van der Waals surface area (Å²) in [5, 5.41) is 10.9. The molecule has 0 saturated carbocycles. The Morgan fingerprint density at radius 1 is 1.13 bits per heavy atom. The summed E-state index contributed by atoms with van der Waals surface area (Å²) in [5.74, 6) is 0.279. The highest BCUT2D eigenvalue weighted by molar-refractivity contribution is 5.84. The van der Waals surface area contributed by atoms with Crippen LogP contribution in [-0.4, -0.2) is 10.1 Å². The van der Waals surface area contributed by atoms with Crippen LogP contribution in [0, 0.1) is 0 Å². The third kappa shape index (κ3) is 1.67. The molecule has 0 aliphatic rings. The topological polar surface area (TPSA) is 33.1 Å². The maximum atomic E-state index is 9.88. The fourth-order valence-corrected chi connectivity index (χ4v) is 1.92. The van der Waals surface area contributed by atoms with E-state index in [9.17, 15) is 5.11 Å². The molecular weight excluding hydrogens is 186 g/mol. The lowest BCUT2D eigenvalue weighted by atomic mass is 9.84. The Labute approximate surface area is 89.6 Å². The van der Waals surface area contributed by atoms with E-state index in [4.69, 9.17) is 0 Å². The van der Waals surface area contributed by atoms with E-state index in [1.54, 1.807) is 0 Å². The number of rotatable bonds is 0. The van der Waals surface area contributed by atoms with Crippen molar-refractivity contribution in [1.29, 1.82) is 0 Å². The van der Waals surface area contributed by atoms with Gasteiger partial charge in [0.2, 0.25) is 0 Å². The average Bonchev–Trinajstić information content (AvgIpc) is 2.15. The largest absolute Gasteiger partial charge is 0.506 e. The maximum absolute atomic E-state index is 9.88. The Morgan fingerprint density at radius 3 is 2.47 bits per heavy atom. The molecule has 0 aliphatic heterocycles. The van der Waals surface area contributed by atoms with E-state index in [1.165, 1.54) is 6.20 Å². The number of pyridine rings is 1. The molecule has 0 radical (unpaired) electrons. The zero-order valence-electron chi connectivity index (χ0n) is 9.28. The molecule has 2 aromatic rings. The van der Waals surface area contributed by atoms with Crippen LogP contribution in [0.25, 0.3) is 10.9 Å². The van der Waals surface area contributed by atoms with E-state index < -0.39 is 0 Å². The maximum Gasteiger partial charge on any atom is 0.138 e. The van der Waals surface area contributed by atoms with Crippen LogP contribution >= 0.6 is 0 Å². The highest BCUT2D eigenvalue weighted by Crippen LogP contribution is 2.35. The first-order valence-corrected chi connectivity index (χ1v) is 5.07. The number of aromatic nitrogens is 1. The van der Waals surface area contributed by atoms with Crippen molar-refractivity contribution in [2.45, 2.75) is 26.2 Å². The molecule has 2 nitrogen and oxygen atoms in total. The third-order valence-corrected chi connectivity index (χ3v) is 2.51. The van der Waals surface area contributed by atoms with Crippen LogP contribution in [0.15, 0.2) is 30.5 Å². The molecule has 1 N–H and O–H groups in total. The minimum Gasteiger partial charge on any atom is -0.506 e. The molecule has 1 aromatic carbocycles. The molecule has 2 rings (SSSR count). The van der Waals surface area contributed by atoms with Gasteiger partial charge in [-0.05, 0) is 11.5 Å². The monoisotopic (exact) mass is 201 g/mol. The lowest BCUT2D eigenvalue weighted by Crippen LogP contribution is -2.12. The van der Waals surface area contributed by atoms with E-state index in [1.807, 2.05) is 24.3 Å². The summed E-state index contributed by atoms with van der Waals surface area (Å²) in [7, 11) is 0. The van der Waals surface area contributed by atoms with Crippen LogP contribution in [0.4, 0.5) is 0 Å². The molecule has 0 amide bonds. The van der Waals surface area contributed by atoms with Crippen LogP contribution in [0.3, 0.4) is 0 Å². The van der Waals surface area contributed by atoms with Gasteiger partial charge in [-0.15, -0.1) is 0 Å². The highest BCUT2D eigenvalue weighted by Gasteiger charge is 2.21. The van der Waals surface area contributed by atoms with Gasteiger partial charge in [0, 0.05) is 10.9 Å². The average molecular weight is 201 g/mol. The van der Waals surface area contributed by atoms with Crippen LogP contribution in [0.5, 0.6) is 5.75 Å². The van der Waals surface area contributed by atoms with Crippen molar-refractivity contribution >= 4 is 10.9 Å². The Morgan fingerprint density at radius 2 is 1.80 bits per heavy atom. The van der Waals surface area contributed by atoms with Crippen molar-refractivity contribution in [3.05, 3.63) is 36.0 Å². The number of para-hydroxylation sites is 1. The molecule has 0 spiro atoms. The van der Waals surface area contributed by atoms with Crippen LogP contribution in [0.2, 0.25) is 0 Å². The molecule has 0 saturated heterocycles. The van der Waals surface area contributed by atoms with Gasteiger partial charge in [-0.2, -0.15) is 0 Å². The van der Waals surface area contributed by atoms with E-state index in [-0.39, 0.29) is 11.2 Å². The molecule has 1 aromatic heterocycles. The minimum atomic E-state index is -0.0768. The SMILES string of the molecule is CC(C)(C)c1c(O)cnc2ccccc12. The lowest BCUT2D eigenvalue weighted by Gasteiger charge is -2.22. The Hall–Kier alpha value is -1.57. The highest BCUT2D eigenvalue weighted by atomic mass is 16.3. The Bertz CT molecular complexity index is 497. The van der Waals surface area contributed by atoms with Gasteiger partial charge in [-0.3, -0.25) is 4.98 Å². The van der Waals surface area contributed by atoms with Crippen molar-refractivity contribution in [1.82, 2.24) is 4.98 Å². The summed E-state index contributed by atoms with van der Waals surface area (Å²) in [5.41, 5.74) is 1.82. The fourth-order valence-electron chi connectivity index (χ4n) is 1.92.